The summed E-state index contributed by atoms with van der Waals surface area (Å²) in [5.74, 6) is -0.138. The molecule has 1 atom stereocenters. The Morgan fingerprint density at radius 2 is 1.88 bits per heavy atom. The van der Waals surface area contributed by atoms with E-state index in [0.717, 1.165) is 24.0 Å². The Balaban J connectivity index is 2.06. The monoisotopic (exact) mass is 360 g/mol. The highest BCUT2D eigenvalue weighted by atomic mass is 19.1. The number of aliphatic carboxylic acids is 1. The Labute approximate surface area is 153 Å². The van der Waals surface area contributed by atoms with Crippen molar-refractivity contribution in [2.75, 3.05) is 6.61 Å². The van der Waals surface area contributed by atoms with Gasteiger partial charge in [-0.2, -0.15) is 0 Å². The van der Waals surface area contributed by atoms with Crippen LogP contribution in [0.2, 0.25) is 0 Å². The van der Waals surface area contributed by atoms with Crippen LogP contribution in [0.15, 0.2) is 36.4 Å². The van der Waals surface area contributed by atoms with Crippen molar-refractivity contribution in [3.8, 4) is 22.6 Å². The zero-order valence-corrected chi connectivity index (χ0v) is 15.2. The van der Waals surface area contributed by atoms with Gasteiger partial charge in [0.2, 0.25) is 0 Å². The number of aromatic hydroxyl groups is 1. The van der Waals surface area contributed by atoms with E-state index in [2.05, 4.69) is 0 Å². The van der Waals surface area contributed by atoms with Crippen molar-refractivity contribution >= 4 is 5.97 Å². The fourth-order valence-electron chi connectivity index (χ4n) is 2.77. The minimum absolute atomic E-state index is 0.0859. The molecule has 0 aliphatic rings. The predicted octanol–water partition coefficient (Wildman–Crippen LogP) is 5.03. The summed E-state index contributed by atoms with van der Waals surface area (Å²) in [6.45, 7) is 4.47. The number of carbonyl (C=O) groups is 1. The largest absolute Gasteiger partial charge is 0.507 e. The highest BCUT2D eigenvalue weighted by Gasteiger charge is 2.12. The fourth-order valence-corrected chi connectivity index (χ4v) is 2.77. The molecule has 0 spiro atoms. The number of phenols is 1. The second-order valence-corrected chi connectivity index (χ2v) is 6.51. The van der Waals surface area contributed by atoms with Gasteiger partial charge in [-0.15, -0.1) is 0 Å². The molecule has 0 aromatic heterocycles. The number of benzene rings is 2. The van der Waals surface area contributed by atoms with Crippen LogP contribution in [0.5, 0.6) is 11.5 Å². The molecular weight excluding hydrogens is 335 g/mol. The molecule has 5 heteroatoms. The smallest absolute Gasteiger partial charge is 0.303 e. The second-order valence-electron chi connectivity index (χ2n) is 6.51. The van der Waals surface area contributed by atoms with Crippen LogP contribution in [0.1, 0.15) is 38.7 Å². The first-order valence-corrected chi connectivity index (χ1v) is 8.87. The molecule has 0 heterocycles. The Hall–Kier alpha value is -2.56. The lowest BCUT2D eigenvalue weighted by atomic mass is 10.00. The van der Waals surface area contributed by atoms with Gasteiger partial charge < -0.3 is 14.9 Å². The average Bonchev–Trinajstić information content (AvgIpc) is 2.61. The van der Waals surface area contributed by atoms with Crippen LogP contribution >= 0.6 is 0 Å². The fraction of sp³-hybridized carbons (Fsp3) is 0.381. The van der Waals surface area contributed by atoms with E-state index >= 15 is 0 Å². The number of carboxylic acids is 1. The number of ether oxygens (including phenoxy) is 1. The summed E-state index contributed by atoms with van der Waals surface area (Å²) < 4.78 is 18.9. The standard InChI is InChI=1S/C21H25FO4/c1-3-15-12-18(16-5-7-17(22)8-6-16)19(23)13-20(15)26-11-10-14(2)4-9-21(24)25/h5-8,12-14,23H,3-4,9-11H2,1-2H3,(H,24,25). The summed E-state index contributed by atoms with van der Waals surface area (Å²) in [5, 5.41) is 19.1. The minimum Gasteiger partial charge on any atom is -0.507 e. The molecular formula is C21H25FO4. The van der Waals surface area contributed by atoms with Gasteiger partial charge in [0.05, 0.1) is 6.61 Å². The lowest BCUT2D eigenvalue weighted by molar-refractivity contribution is -0.137. The van der Waals surface area contributed by atoms with E-state index in [1.165, 1.54) is 12.1 Å². The Bertz CT molecular complexity index is 740. The number of halogens is 1. The predicted molar refractivity (Wildman–Crippen MR) is 99.0 cm³/mol. The normalized spacial score (nSPS) is 12.0. The van der Waals surface area contributed by atoms with Crippen LogP contribution in [-0.4, -0.2) is 22.8 Å². The maximum Gasteiger partial charge on any atom is 0.303 e. The molecule has 1 unspecified atom stereocenters. The summed E-state index contributed by atoms with van der Waals surface area (Å²) in [7, 11) is 0. The number of carboxylic acid groups (broad SMARTS) is 1. The van der Waals surface area contributed by atoms with E-state index in [1.807, 2.05) is 19.9 Å². The van der Waals surface area contributed by atoms with Crippen molar-refractivity contribution in [3.05, 3.63) is 47.8 Å². The third-order valence-electron chi connectivity index (χ3n) is 4.43. The molecule has 0 aliphatic heterocycles. The lowest BCUT2D eigenvalue weighted by Gasteiger charge is -2.16. The van der Waals surface area contributed by atoms with E-state index in [4.69, 9.17) is 9.84 Å². The van der Waals surface area contributed by atoms with Gasteiger partial charge in [0.25, 0.3) is 0 Å². The molecule has 2 aromatic carbocycles. The molecule has 0 aliphatic carbocycles. The van der Waals surface area contributed by atoms with E-state index in [-0.39, 0.29) is 23.9 Å². The molecule has 0 radical (unpaired) electrons. The van der Waals surface area contributed by atoms with Crippen molar-refractivity contribution in [2.45, 2.75) is 39.5 Å². The highest BCUT2D eigenvalue weighted by molar-refractivity contribution is 5.72. The highest BCUT2D eigenvalue weighted by Crippen LogP contribution is 2.36. The number of phenolic OH excluding ortho intramolecular Hbond substituents is 1. The van der Waals surface area contributed by atoms with E-state index in [9.17, 15) is 14.3 Å². The summed E-state index contributed by atoms with van der Waals surface area (Å²) in [6, 6.07) is 9.46. The molecule has 2 N–H and O–H groups in total. The molecule has 4 nitrogen and oxygen atoms in total. The van der Waals surface area contributed by atoms with E-state index in [1.54, 1.807) is 18.2 Å². The molecule has 140 valence electrons. The maximum absolute atomic E-state index is 13.1. The zero-order chi connectivity index (χ0) is 19.1. The number of hydrogen-bond acceptors (Lipinski definition) is 3. The van der Waals surface area contributed by atoms with Crippen molar-refractivity contribution in [3.63, 3.8) is 0 Å². The topological polar surface area (TPSA) is 66.8 Å². The molecule has 0 fully saturated rings. The summed E-state index contributed by atoms with van der Waals surface area (Å²) in [6.07, 6.45) is 2.26. The molecule has 2 rings (SSSR count). The van der Waals surface area contributed by atoms with Crippen molar-refractivity contribution in [2.24, 2.45) is 5.92 Å². The Morgan fingerprint density at radius 3 is 2.50 bits per heavy atom. The maximum atomic E-state index is 13.1. The molecule has 0 saturated heterocycles. The first-order chi connectivity index (χ1) is 12.4. The van der Waals surface area contributed by atoms with Crippen LogP contribution in [0.3, 0.4) is 0 Å². The van der Waals surface area contributed by atoms with Crippen molar-refractivity contribution in [1.29, 1.82) is 0 Å². The summed E-state index contributed by atoms with van der Waals surface area (Å²) in [5.41, 5.74) is 2.34. The van der Waals surface area contributed by atoms with Crippen LogP contribution in [-0.2, 0) is 11.2 Å². The van der Waals surface area contributed by atoms with Gasteiger partial charge in [-0.3, -0.25) is 4.79 Å². The van der Waals surface area contributed by atoms with E-state index < -0.39 is 5.97 Å². The van der Waals surface area contributed by atoms with E-state index in [0.29, 0.717) is 24.3 Å². The molecule has 26 heavy (non-hydrogen) atoms. The van der Waals surface area contributed by atoms with Crippen molar-refractivity contribution < 1.29 is 24.1 Å². The van der Waals surface area contributed by atoms with Gasteiger partial charge in [-0.1, -0.05) is 26.0 Å². The Morgan fingerprint density at radius 1 is 1.19 bits per heavy atom. The van der Waals surface area contributed by atoms with Crippen LogP contribution < -0.4 is 4.74 Å². The number of aryl methyl sites for hydroxylation is 1. The quantitative estimate of drug-likeness (QED) is 0.658. The molecule has 0 bridgehead atoms. The third kappa shape index (κ3) is 5.48. The first-order valence-electron chi connectivity index (χ1n) is 8.87. The second kappa shape index (κ2) is 9.22. The average molecular weight is 360 g/mol. The molecule has 0 amide bonds. The Kier molecular flexibility index (Phi) is 7.01. The van der Waals surface area contributed by atoms with Gasteiger partial charge in [-0.05, 0) is 54.5 Å². The molecule has 2 aromatic rings. The summed E-state index contributed by atoms with van der Waals surface area (Å²) in [4.78, 5) is 10.6. The minimum atomic E-state index is -0.785. The first kappa shape index (κ1) is 19.8. The van der Waals surface area contributed by atoms with Crippen LogP contribution in [0.4, 0.5) is 4.39 Å². The number of hydrogen-bond donors (Lipinski definition) is 2. The van der Waals surface area contributed by atoms with Gasteiger partial charge in [0.1, 0.15) is 17.3 Å². The van der Waals surface area contributed by atoms with Crippen molar-refractivity contribution in [1.82, 2.24) is 0 Å². The molecule has 0 saturated carbocycles. The van der Waals surface area contributed by atoms with Crippen LogP contribution in [0.25, 0.3) is 11.1 Å². The third-order valence-corrected chi connectivity index (χ3v) is 4.43. The van der Waals surface area contributed by atoms with Gasteiger partial charge in [0, 0.05) is 18.1 Å². The lowest BCUT2D eigenvalue weighted by Crippen LogP contribution is -2.07. The van der Waals surface area contributed by atoms with Crippen LogP contribution in [0, 0.1) is 11.7 Å². The summed E-state index contributed by atoms with van der Waals surface area (Å²) >= 11 is 0. The van der Waals surface area contributed by atoms with Gasteiger partial charge in [0.15, 0.2) is 0 Å². The zero-order valence-electron chi connectivity index (χ0n) is 15.2. The van der Waals surface area contributed by atoms with Gasteiger partial charge in [-0.25, -0.2) is 4.39 Å². The number of rotatable bonds is 9. The van der Waals surface area contributed by atoms with Gasteiger partial charge >= 0.3 is 5.97 Å². The SMILES string of the molecule is CCc1cc(-c2ccc(F)cc2)c(O)cc1OCCC(C)CCC(=O)O.